The van der Waals surface area contributed by atoms with Crippen LogP contribution in [0.2, 0.25) is 0 Å². The summed E-state index contributed by atoms with van der Waals surface area (Å²) in [7, 11) is 0. The van der Waals surface area contributed by atoms with Crippen molar-refractivity contribution in [3.8, 4) is 45.3 Å². The van der Waals surface area contributed by atoms with Crippen LogP contribution in [0, 0.1) is 0 Å². The fraction of sp³-hybridized carbons (Fsp3) is 0. The zero-order valence-corrected chi connectivity index (χ0v) is 17.5. The quantitative estimate of drug-likeness (QED) is 0.277. The molecule has 0 aliphatic heterocycles. The molecule has 0 fully saturated rings. The van der Waals surface area contributed by atoms with Crippen LogP contribution in [-0.4, -0.2) is 0 Å². The van der Waals surface area contributed by atoms with E-state index in [1.165, 1.54) is 0 Å². The Morgan fingerprint density at radius 3 is 1.06 bits per heavy atom. The van der Waals surface area contributed by atoms with E-state index in [2.05, 4.69) is 30.3 Å². The van der Waals surface area contributed by atoms with Crippen LogP contribution in [0.3, 0.4) is 0 Å². The third kappa shape index (κ3) is 4.40. The highest BCUT2D eigenvalue weighted by atomic mass is 16.5. The smallest absolute Gasteiger partial charge is 0.139 e. The summed E-state index contributed by atoms with van der Waals surface area (Å²) in [4.78, 5) is 0. The van der Waals surface area contributed by atoms with Gasteiger partial charge in [-0.25, -0.2) is 0 Å². The summed E-state index contributed by atoms with van der Waals surface area (Å²) >= 11 is 0. The van der Waals surface area contributed by atoms with Crippen molar-refractivity contribution in [2.45, 2.75) is 0 Å². The maximum Gasteiger partial charge on any atom is 0.139 e. The van der Waals surface area contributed by atoms with Gasteiger partial charge in [0.25, 0.3) is 0 Å². The molecule has 0 spiro atoms. The second-order valence-corrected chi connectivity index (χ2v) is 7.41. The van der Waals surface area contributed by atoms with Crippen LogP contribution >= 0.6 is 0 Å². The molecular weight excluding hydrogens is 392 g/mol. The van der Waals surface area contributed by atoms with E-state index in [0.29, 0.717) is 0 Å². The maximum atomic E-state index is 6.35. The first-order valence-electron chi connectivity index (χ1n) is 10.6. The number of ether oxygens (including phenoxy) is 2. The average Bonchev–Trinajstić information content (AvgIpc) is 2.87. The fourth-order valence-corrected chi connectivity index (χ4v) is 3.65. The van der Waals surface area contributed by atoms with Crippen molar-refractivity contribution >= 4 is 0 Å². The molecule has 0 unspecified atom stereocenters. The molecule has 2 nitrogen and oxygen atoms in total. The van der Waals surface area contributed by atoms with Crippen LogP contribution in [0.4, 0.5) is 0 Å². The monoisotopic (exact) mass is 414 g/mol. The van der Waals surface area contributed by atoms with Gasteiger partial charge in [0, 0.05) is 17.2 Å². The molecule has 32 heavy (non-hydrogen) atoms. The molecule has 0 N–H and O–H groups in total. The van der Waals surface area contributed by atoms with E-state index in [1.807, 2.05) is 103 Å². The first kappa shape index (κ1) is 19.7. The van der Waals surface area contributed by atoms with Gasteiger partial charge in [0.05, 0.1) is 0 Å². The third-order valence-corrected chi connectivity index (χ3v) is 5.19. The van der Waals surface area contributed by atoms with Crippen molar-refractivity contribution in [1.82, 2.24) is 0 Å². The summed E-state index contributed by atoms with van der Waals surface area (Å²) in [6, 6.07) is 44.4. The molecule has 0 atom stereocenters. The molecule has 0 radical (unpaired) electrons. The number of hydrogen-bond donors (Lipinski definition) is 0. The molecule has 0 aliphatic rings. The molecule has 0 saturated carbocycles. The summed E-state index contributed by atoms with van der Waals surface area (Å²) in [5.74, 6) is 3.05. The molecule has 2 heteroatoms. The molecule has 0 aliphatic carbocycles. The first-order chi connectivity index (χ1) is 15.9. The summed E-state index contributed by atoms with van der Waals surface area (Å²) in [6.45, 7) is 0. The average molecular weight is 415 g/mol. The number of hydrogen-bond acceptors (Lipinski definition) is 2. The molecule has 5 rings (SSSR count). The molecule has 154 valence electrons. The largest absolute Gasteiger partial charge is 0.457 e. The van der Waals surface area contributed by atoms with E-state index in [9.17, 15) is 0 Å². The van der Waals surface area contributed by atoms with Crippen molar-refractivity contribution in [1.29, 1.82) is 0 Å². The molecule has 5 aromatic rings. The first-order valence-corrected chi connectivity index (χ1v) is 10.6. The van der Waals surface area contributed by atoms with Gasteiger partial charge in [-0.3, -0.25) is 0 Å². The molecule has 5 aromatic carbocycles. The normalized spacial score (nSPS) is 10.5. The summed E-state index contributed by atoms with van der Waals surface area (Å²) in [5, 5.41) is 0. The number of benzene rings is 5. The Labute approximate surface area is 188 Å². The summed E-state index contributed by atoms with van der Waals surface area (Å²) in [5.41, 5.74) is 4.19. The lowest BCUT2D eigenvalue weighted by atomic mass is 9.97. The Kier molecular flexibility index (Phi) is 5.67. The van der Waals surface area contributed by atoms with Gasteiger partial charge in [-0.15, -0.1) is 0 Å². The van der Waals surface area contributed by atoms with Crippen molar-refractivity contribution in [3.63, 3.8) is 0 Å². The lowest BCUT2D eigenvalue weighted by molar-refractivity contribution is 0.462. The Morgan fingerprint density at radius 1 is 0.344 bits per heavy atom. The Hall–Kier alpha value is -4.30. The molecule has 0 bridgehead atoms. The topological polar surface area (TPSA) is 18.5 Å². The van der Waals surface area contributed by atoms with Gasteiger partial charge in [-0.05, 0) is 41.5 Å². The van der Waals surface area contributed by atoms with Crippen LogP contribution in [0.25, 0.3) is 22.3 Å². The molecule has 0 heterocycles. The molecule has 0 amide bonds. The van der Waals surface area contributed by atoms with Gasteiger partial charge in [-0.1, -0.05) is 97.1 Å². The van der Waals surface area contributed by atoms with E-state index in [0.717, 1.165) is 45.3 Å². The van der Waals surface area contributed by atoms with Gasteiger partial charge in [0.1, 0.15) is 23.0 Å². The predicted molar refractivity (Wildman–Crippen MR) is 130 cm³/mol. The minimum Gasteiger partial charge on any atom is -0.457 e. The third-order valence-electron chi connectivity index (χ3n) is 5.19. The Balaban J connectivity index is 1.70. The van der Waals surface area contributed by atoms with Gasteiger partial charge < -0.3 is 9.47 Å². The summed E-state index contributed by atoms with van der Waals surface area (Å²) in [6.07, 6.45) is 0. The highest BCUT2D eigenvalue weighted by molar-refractivity contribution is 5.82. The van der Waals surface area contributed by atoms with Crippen LogP contribution in [0.1, 0.15) is 0 Å². The van der Waals surface area contributed by atoms with Crippen molar-refractivity contribution in [2.75, 3.05) is 0 Å². The van der Waals surface area contributed by atoms with Crippen molar-refractivity contribution < 1.29 is 9.47 Å². The van der Waals surface area contributed by atoms with Crippen molar-refractivity contribution in [2.24, 2.45) is 0 Å². The van der Waals surface area contributed by atoms with Gasteiger partial charge in [0.2, 0.25) is 0 Å². The SMILES string of the molecule is c1ccc(Oc2cc(Oc3ccccc3)c(-c3ccccc3)cc2-c2ccccc2)cc1. The molecular formula is C30H22O2. The van der Waals surface area contributed by atoms with Crippen molar-refractivity contribution in [3.05, 3.63) is 133 Å². The zero-order valence-electron chi connectivity index (χ0n) is 17.5. The Morgan fingerprint density at radius 2 is 0.688 bits per heavy atom. The number of para-hydroxylation sites is 2. The lowest BCUT2D eigenvalue weighted by Gasteiger charge is -2.18. The molecule has 0 aromatic heterocycles. The highest BCUT2D eigenvalue weighted by Crippen LogP contribution is 2.43. The zero-order chi connectivity index (χ0) is 21.6. The van der Waals surface area contributed by atoms with Crippen LogP contribution in [0.5, 0.6) is 23.0 Å². The number of rotatable bonds is 6. The van der Waals surface area contributed by atoms with E-state index in [1.54, 1.807) is 0 Å². The fourth-order valence-electron chi connectivity index (χ4n) is 3.65. The summed E-state index contributed by atoms with van der Waals surface area (Å²) < 4.78 is 12.7. The second-order valence-electron chi connectivity index (χ2n) is 7.41. The minimum absolute atomic E-state index is 0.744. The van der Waals surface area contributed by atoms with E-state index >= 15 is 0 Å². The van der Waals surface area contributed by atoms with E-state index in [-0.39, 0.29) is 0 Å². The van der Waals surface area contributed by atoms with Crippen LogP contribution in [-0.2, 0) is 0 Å². The van der Waals surface area contributed by atoms with Crippen LogP contribution < -0.4 is 9.47 Å². The maximum absolute atomic E-state index is 6.35. The molecule has 0 saturated heterocycles. The second kappa shape index (κ2) is 9.23. The van der Waals surface area contributed by atoms with Crippen LogP contribution in [0.15, 0.2) is 133 Å². The van der Waals surface area contributed by atoms with Gasteiger partial charge in [-0.2, -0.15) is 0 Å². The van der Waals surface area contributed by atoms with E-state index < -0.39 is 0 Å². The van der Waals surface area contributed by atoms with Gasteiger partial charge >= 0.3 is 0 Å². The predicted octanol–water partition coefficient (Wildman–Crippen LogP) is 8.61. The highest BCUT2D eigenvalue weighted by Gasteiger charge is 2.16. The Bertz CT molecular complexity index is 1180. The standard InChI is InChI=1S/C30H22O2/c1-5-13-23(14-6-1)27-21-28(24-15-7-2-8-16-24)30(32-26-19-11-4-12-20-26)22-29(27)31-25-17-9-3-10-18-25/h1-22H. The van der Waals surface area contributed by atoms with E-state index in [4.69, 9.17) is 9.47 Å². The lowest BCUT2D eigenvalue weighted by Crippen LogP contribution is -1.94. The minimum atomic E-state index is 0.744. The van der Waals surface area contributed by atoms with Gasteiger partial charge in [0.15, 0.2) is 0 Å².